The summed E-state index contributed by atoms with van der Waals surface area (Å²) < 4.78 is 2.31. The lowest BCUT2D eigenvalue weighted by atomic mass is 10.0. The summed E-state index contributed by atoms with van der Waals surface area (Å²) >= 11 is 0. The summed E-state index contributed by atoms with van der Waals surface area (Å²) in [6, 6.07) is 8.73. The number of benzene rings is 1. The third-order valence-electron chi connectivity index (χ3n) is 4.52. The summed E-state index contributed by atoms with van der Waals surface area (Å²) in [7, 11) is 2.17. The van der Waals surface area contributed by atoms with E-state index in [2.05, 4.69) is 62.7 Å². The van der Waals surface area contributed by atoms with Crippen LogP contribution in [0.25, 0.3) is 10.9 Å². The van der Waals surface area contributed by atoms with E-state index in [0.717, 1.165) is 12.8 Å². The second-order valence-electron chi connectivity index (χ2n) is 5.76. The molecule has 1 heteroatoms. The van der Waals surface area contributed by atoms with Gasteiger partial charge in [-0.3, -0.25) is 0 Å². The number of fused-ring (bicyclic) bond motifs is 1. The third-order valence-corrected chi connectivity index (χ3v) is 4.52. The van der Waals surface area contributed by atoms with Gasteiger partial charge in [-0.05, 0) is 45.2 Å². The van der Waals surface area contributed by atoms with Gasteiger partial charge in [0.2, 0.25) is 0 Å². The van der Waals surface area contributed by atoms with Crippen LogP contribution in [0.2, 0.25) is 0 Å². The van der Waals surface area contributed by atoms with Crippen LogP contribution in [-0.2, 0) is 13.5 Å². The van der Waals surface area contributed by atoms with Gasteiger partial charge in [0, 0.05) is 23.6 Å². The van der Waals surface area contributed by atoms with Gasteiger partial charge in [-0.1, -0.05) is 54.8 Å². The van der Waals surface area contributed by atoms with Crippen LogP contribution in [0.4, 0.5) is 0 Å². The summed E-state index contributed by atoms with van der Waals surface area (Å²) in [4.78, 5) is 0. The van der Waals surface area contributed by atoms with E-state index in [1.54, 1.807) is 5.57 Å². The molecule has 112 valence electrons. The Morgan fingerprint density at radius 2 is 1.71 bits per heavy atom. The first kappa shape index (κ1) is 15.6. The fourth-order valence-electron chi connectivity index (χ4n) is 3.12. The monoisotopic (exact) mass is 281 g/mol. The van der Waals surface area contributed by atoms with Crippen molar-refractivity contribution in [2.75, 3.05) is 0 Å². The molecule has 0 spiro atoms. The van der Waals surface area contributed by atoms with Crippen molar-refractivity contribution in [3.05, 3.63) is 58.3 Å². The number of aryl methyl sites for hydroxylation is 1. The molecule has 0 bridgehead atoms. The molecule has 0 aliphatic heterocycles. The zero-order valence-corrected chi connectivity index (χ0v) is 14.2. The maximum absolute atomic E-state index is 2.37. The zero-order chi connectivity index (χ0) is 15.6. The van der Waals surface area contributed by atoms with Gasteiger partial charge in [0.05, 0.1) is 0 Å². The van der Waals surface area contributed by atoms with Crippen molar-refractivity contribution >= 4 is 10.9 Å². The van der Waals surface area contributed by atoms with E-state index in [4.69, 9.17) is 0 Å². The molecule has 0 amide bonds. The van der Waals surface area contributed by atoms with Gasteiger partial charge in [0.25, 0.3) is 0 Å². The second-order valence-corrected chi connectivity index (χ2v) is 5.76. The molecule has 3 rings (SSSR count). The van der Waals surface area contributed by atoms with Crippen LogP contribution in [0.15, 0.2) is 47.1 Å². The number of nitrogens with zero attached hydrogens (tertiary/aromatic N) is 1. The number of hydrogen-bond acceptors (Lipinski definition) is 0. The van der Waals surface area contributed by atoms with E-state index in [1.807, 2.05) is 13.8 Å². The minimum absolute atomic E-state index is 1.09. The lowest BCUT2D eigenvalue weighted by molar-refractivity contribution is 0.898. The molecule has 2 aromatic rings. The highest BCUT2D eigenvalue weighted by molar-refractivity contribution is 5.85. The van der Waals surface area contributed by atoms with Crippen LogP contribution in [-0.4, -0.2) is 4.57 Å². The first-order valence-electron chi connectivity index (χ1n) is 7.96. The summed E-state index contributed by atoms with van der Waals surface area (Å²) in [6.45, 7) is 10.7. The van der Waals surface area contributed by atoms with Gasteiger partial charge in [-0.25, -0.2) is 0 Å². The minimum Gasteiger partial charge on any atom is -0.348 e. The Kier molecular flexibility index (Phi) is 4.72. The fraction of sp³-hybridized carbons (Fsp3) is 0.400. The topological polar surface area (TPSA) is 4.93 Å². The Bertz CT molecular complexity index is 711. The Labute approximate surface area is 129 Å². The maximum Gasteiger partial charge on any atom is 0.0482 e. The van der Waals surface area contributed by atoms with E-state index in [-0.39, 0.29) is 0 Å². The smallest absolute Gasteiger partial charge is 0.0482 e. The molecule has 1 nitrogen and oxygen atoms in total. The largest absolute Gasteiger partial charge is 0.348 e. The molecule has 1 heterocycles. The molecule has 0 radical (unpaired) electrons. The van der Waals surface area contributed by atoms with Crippen molar-refractivity contribution in [3.8, 4) is 0 Å². The molecule has 0 N–H and O–H groups in total. The van der Waals surface area contributed by atoms with Gasteiger partial charge in [0.1, 0.15) is 0 Å². The van der Waals surface area contributed by atoms with Crippen LogP contribution in [0.1, 0.15) is 45.4 Å². The minimum atomic E-state index is 1.09. The summed E-state index contributed by atoms with van der Waals surface area (Å²) in [6.07, 6.45) is 4.60. The highest BCUT2D eigenvalue weighted by atomic mass is 14.9. The average molecular weight is 281 g/mol. The van der Waals surface area contributed by atoms with Crippen molar-refractivity contribution in [3.63, 3.8) is 0 Å². The van der Waals surface area contributed by atoms with E-state index in [0.29, 0.717) is 0 Å². The summed E-state index contributed by atoms with van der Waals surface area (Å²) in [5, 5.41) is 1.41. The maximum atomic E-state index is 2.37. The van der Waals surface area contributed by atoms with Crippen LogP contribution in [0, 0.1) is 6.92 Å². The van der Waals surface area contributed by atoms with Crippen LogP contribution < -0.4 is 0 Å². The molecule has 0 fully saturated rings. The zero-order valence-electron chi connectivity index (χ0n) is 14.2. The highest BCUT2D eigenvalue weighted by Crippen LogP contribution is 2.32. The quantitative estimate of drug-likeness (QED) is 0.663. The predicted molar refractivity (Wildman–Crippen MR) is 93.8 cm³/mol. The van der Waals surface area contributed by atoms with Crippen LogP contribution >= 0.6 is 0 Å². The SMILES string of the molecule is CC.CC1=C(C)CC(Cc2c(C)n(C)c3ccccc23)=C1. The summed E-state index contributed by atoms with van der Waals surface area (Å²) in [5.41, 5.74) is 8.75. The molecule has 1 aliphatic carbocycles. The first-order chi connectivity index (χ1) is 10.1. The number of aromatic nitrogens is 1. The third kappa shape index (κ3) is 2.83. The van der Waals surface area contributed by atoms with Gasteiger partial charge < -0.3 is 4.57 Å². The lowest BCUT2D eigenvalue weighted by Crippen LogP contribution is -1.94. The van der Waals surface area contributed by atoms with E-state index in [9.17, 15) is 0 Å². The van der Waals surface area contributed by atoms with Gasteiger partial charge >= 0.3 is 0 Å². The molecular formula is C20H27N. The highest BCUT2D eigenvalue weighted by Gasteiger charge is 2.15. The molecule has 1 aliphatic rings. The van der Waals surface area contributed by atoms with Crippen molar-refractivity contribution in [1.29, 1.82) is 0 Å². The molecule has 1 aromatic heterocycles. The van der Waals surface area contributed by atoms with Crippen molar-refractivity contribution in [1.82, 2.24) is 4.57 Å². The van der Waals surface area contributed by atoms with Crippen molar-refractivity contribution in [2.45, 2.75) is 47.5 Å². The number of para-hydroxylation sites is 1. The van der Waals surface area contributed by atoms with Crippen LogP contribution in [0.3, 0.4) is 0 Å². The first-order valence-corrected chi connectivity index (χ1v) is 7.96. The molecule has 21 heavy (non-hydrogen) atoms. The van der Waals surface area contributed by atoms with E-state index in [1.165, 1.54) is 33.3 Å². The molecule has 0 saturated heterocycles. The Morgan fingerprint density at radius 3 is 2.33 bits per heavy atom. The van der Waals surface area contributed by atoms with Gasteiger partial charge in [-0.15, -0.1) is 0 Å². The van der Waals surface area contributed by atoms with E-state index < -0.39 is 0 Å². The lowest BCUT2D eigenvalue weighted by Gasteiger charge is -2.04. The Balaban J connectivity index is 0.000000774. The summed E-state index contributed by atoms with van der Waals surface area (Å²) in [5.74, 6) is 0. The van der Waals surface area contributed by atoms with Crippen LogP contribution in [0.5, 0.6) is 0 Å². The predicted octanol–water partition coefficient (Wildman–Crippen LogP) is 5.72. The normalized spacial score (nSPS) is 14.3. The molecule has 0 unspecified atom stereocenters. The van der Waals surface area contributed by atoms with E-state index >= 15 is 0 Å². The van der Waals surface area contributed by atoms with Crippen molar-refractivity contribution < 1.29 is 0 Å². The standard InChI is InChI=1S/C18H21N.C2H6/c1-12-9-15(10-13(12)2)11-17-14(3)19(4)18-8-6-5-7-16(17)18;1-2/h5-9H,10-11H2,1-4H3;1-2H3. The fourth-order valence-corrected chi connectivity index (χ4v) is 3.12. The Morgan fingerprint density at radius 1 is 1.05 bits per heavy atom. The molecular weight excluding hydrogens is 254 g/mol. The number of rotatable bonds is 2. The molecule has 0 saturated carbocycles. The molecule has 1 aromatic carbocycles. The number of allylic oxidation sites excluding steroid dienone is 4. The number of hydrogen-bond donors (Lipinski definition) is 0. The van der Waals surface area contributed by atoms with Crippen molar-refractivity contribution in [2.24, 2.45) is 7.05 Å². The van der Waals surface area contributed by atoms with Gasteiger partial charge in [-0.2, -0.15) is 0 Å². The Hall–Kier alpha value is -1.76. The second kappa shape index (κ2) is 6.34. The van der Waals surface area contributed by atoms with Gasteiger partial charge in [0.15, 0.2) is 0 Å². The molecule has 0 atom stereocenters. The average Bonchev–Trinajstić information content (AvgIpc) is 2.94.